The second-order valence-corrected chi connectivity index (χ2v) is 5.49. The molecule has 0 saturated heterocycles. The fraction of sp³-hybridized carbons (Fsp3) is 0.833. The Bertz CT molecular complexity index is 377. The van der Waals surface area contributed by atoms with Gasteiger partial charge >= 0.3 is 0 Å². The van der Waals surface area contributed by atoms with E-state index in [0.29, 0.717) is 6.61 Å². The van der Waals surface area contributed by atoms with Gasteiger partial charge in [-0.15, -0.1) is 0 Å². The summed E-state index contributed by atoms with van der Waals surface area (Å²) in [4.78, 5) is 4.32. The molecule has 0 bridgehead atoms. The van der Waals surface area contributed by atoms with E-state index in [1.807, 2.05) is 4.68 Å². The van der Waals surface area contributed by atoms with E-state index in [0.717, 1.165) is 30.6 Å². The minimum atomic E-state index is 0.105. The van der Waals surface area contributed by atoms with Gasteiger partial charge in [0.2, 0.25) is 0 Å². The van der Waals surface area contributed by atoms with E-state index in [1.165, 1.54) is 19.3 Å². The second-order valence-electron chi connectivity index (χ2n) is 5.49. The fourth-order valence-corrected chi connectivity index (χ4v) is 3.36. The summed E-state index contributed by atoms with van der Waals surface area (Å²) < 4.78 is 1.95. The van der Waals surface area contributed by atoms with Crippen LogP contribution in [0.15, 0.2) is 6.33 Å². The average Bonchev–Trinajstić information content (AvgIpc) is 2.76. The maximum Gasteiger partial charge on any atom is 0.138 e. The highest BCUT2D eigenvalue weighted by atomic mass is 16.3. The first kappa shape index (κ1) is 10.3. The molecule has 2 saturated carbocycles. The van der Waals surface area contributed by atoms with E-state index in [9.17, 15) is 5.11 Å². The Morgan fingerprint density at radius 3 is 2.88 bits per heavy atom. The number of hydrogen-bond donors (Lipinski definition) is 1. The monoisotopic (exact) mass is 221 g/mol. The van der Waals surface area contributed by atoms with Crippen molar-refractivity contribution < 1.29 is 5.11 Å². The summed E-state index contributed by atoms with van der Waals surface area (Å²) in [5, 5.41) is 13.9. The normalized spacial score (nSPS) is 36.4. The number of aliphatic hydroxyl groups is 1. The number of nitrogens with zero attached hydrogens (tertiary/aromatic N) is 3. The minimum Gasteiger partial charge on any atom is -0.396 e. The van der Waals surface area contributed by atoms with Gasteiger partial charge in [0.25, 0.3) is 0 Å². The van der Waals surface area contributed by atoms with Gasteiger partial charge in [0.05, 0.1) is 0 Å². The number of aromatic nitrogens is 3. The third kappa shape index (κ3) is 1.56. The summed E-state index contributed by atoms with van der Waals surface area (Å²) in [7, 11) is 0. The second kappa shape index (κ2) is 3.55. The molecule has 1 aromatic heterocycles. The van der Waals surface area contributed by atoms with Gasteiger partial charge in [0, 0.05) is 25.0 Å². The molecule has 0 aliphatic heterocycles. The van der Waals surface area contributed by atoms with Crippen LogP contribution in [0.2, 0.25) is 0 Å². The molecule has 3 rings (SSSR count). The fourth-order valence-electron chi connectivity index (χ4n) is 3.36. The molecule has 0 aromatic carbocycles. The number of hydrogen-bond acceptors (Lipinski definition) is 3. The van der Waals surface area contributed by atoms with Crippen LogP contribution in [-0.2, 0) is 13.0 Å². The van der Waals surface area contributed by atoms with Crippen LogP contribution in [0.25, 0.3) is 0 Å². The van der Waals surface area contributed by atoms with Crippen molar-refractivity contribution in [2.45, 2.75) is 39.2 Å². The van der Waals surface area contributed by atoms with Gasteiger partial charge in [-0.2, -0.15) is 5.10 Å². The van der Waals surface area contributed by atoms with E-state index in [4.69, 9.17) is 0 Å². The Balaban J connectivity index is 1.77. The summed E-state index contributed by atoms with van der Waals surface area (Å²) in [5.74, 6) is 2.83. The molecule has 0 amide bonds. The lowest BCUT2D eigenvalue weighted by atomic mass is 9.80. The molecule has 1 heterocycles. The first-order valence-electron chi connectivity index (χ1n) is 6.24. The van der Waals surface area contributed by atoms with Gasteiger partial charge in [0.15, 0.2) is 0 Å². The highest BCUT2D eigenvalue weighted by molar-refractivity contribution is 5.06. The topological polar surface area (TPSA) is 50.9 Å². The zero-order valence-corrected chi connectivity index (χ0v) is 9.76. The maximum atomic E-state index is 9.66. The van der Waals surface area contributed by atoms with Crippen molar-refractivity contribution >= 4 is 0 Å². The Hall–Kier alpha value is -0.900. The van der Waals surface area contributed by atoms with Gasteiger partial charge in [-0.05, 0) is 38.0 Å². The molecule has 2 aliphatic carbocycles. The number of rotatable bonds is 4. The van der Waals surface area contributed by atoms with Crippen molar-refractivity contribution in [3.8, 4) is 0 Å². The van der Waals surface area contributed by atoms with Crippen LogP contribution in [0.1, 0.15) is 32.0 Å². The van der Waals surface area contributed by atoms with Crippen molar-refractivity contribution in [2.75, 3.05) is 6.61 Å². The molecule has 16 heavy (non-hydrogen) atoms. The Kier molecular flexibility index (Phi) is 2.28. The molecule has 88 valence electrons. The van der Waals surface area contributed by atoms with E-state index in [2.05, 4.69) is 17.0 Å². The summed E-state index contributed by atoms with van der Waals surface area (Å²) in [5.41, 5.74) is 0.105. The molecule has 4 heteroatoms. The molecular formula is C12H19N3O. The highest BCUT2D eigenvalue weighted by Gasteiger charge is 2.53. The van der Waals surface area contributed by atoms with Crippen molar-refractivity contribution in [3.05, 3.63) is 12.2 Å². The van der Waals surface area contributed by atoms with Crippen LogP contribution in [0.4, 0.5) is 0 Å². The van der Waals surface area contributed by atoms with Gasteiger partial charge < -0.3 is 5.11 Å². The predicted octanol–water partition coefficient (Wildman–Crippen LogP) is 1.25. The Labute approximate surface area is 95.7 Å². The van der Waals surface area contributed by atoms with Gasteiger partial charge in [-0.3, -0.25) is 4.68 Å². The molecule has 2 aliphatic rings. The highest BCUT2D eigenvalue weighted by Crippen LogP contribution is 2.60. The lowest BCUT2D eigenvalue weighted by molar-refractivity contribution is 0.113. The molecule has 2 fully saturated rings. The van der Waals surface area contributed by atoms with Crippen molar-refractivity contribution in [1.29, 1.82) is 0 Å². The first-order chi connectivity index (χ1) is 7.76. The molecule has 4 nitrogen and oxygen atoms in total. The van der Waals surface area contributed by atoms with Crippen LogP contribution in [0.3, 0.4) is 0 Å². The largest absolute Gasteiger partial charge is 0.396 e. The summed E-state index contributed by atoms with van der Waals surface area (Å²) >= 11 is 0. The van der Waals surface area contributed by atoms with Crippen LogP contribution in [0, 0.1) is 17.3 Å². The standard InChI is InChI=1S/C12H19N3O/c1-2-15-11(13-8-14-15)6-12(7-16)4-9-3-10(9)5-12/h8-10,16H,2-7H2,1H3. The zero-order chi connectivity index (χ0) is 11.2. The van der Waals surface area contributed by atoms with Crippen LogP contribution >= 0.6 is 0 Å². The van der Waals surface area contributed by atoms with E-state index in [1.54, 1.807) is 6.33 Å². The van der Waals surface area contributed by atoms with Gasteiger partial charge in [-0.25, -0.2) is 4.98 Å². The van der Waals surface area contributed by atoms with Crippen molar-refractivity contribution in [2.24, 2.45) is 17.3 Å². The molecule has 0 spiro atoms. The third-order valence-corrected chi connectivity index (χ3v) is 4.32. The number of aliphatic hydroxyl groups excluding tert-OH is 1. The summed E-state index contributed by atoms with van der Waals surface area (Å²) in [6.07, 6.45) is 6.28. The van der Waals surface area contributed by atoms with Crippen molar-refractivity contribution in [3.63, 3.8) is 0 Å². The van der Waals surface area contributed by atoms with Crippen LogP contribution in [0.5, 0.6) is 0 Å². The molecule has 2 atom stereocenters. The molecule has 2 unspecified atom stereocenters. The maximum absolute atomic E-state index is 9.66. The minimum absolute atomic E-state index is 0.105. The Morgan fingerprint density at radius 1 is 1.50 bits per heavy atom. The third-order valence-electron chi connectivity index (χ3n) is 4.32. The smallest absolute Gasteiger partial charge is 0.138 e. The molecule has 0 radical (unpaired) electrons. The molecular weight excluding hydrogens is 202 g/mol. The summed E-state index contributed by atoms with van der Waals surface area (Å²) in [6, 6.07) is 0. The lowest BCUT2D eigenvalue weighted by Gasteiger charge is -2.28. The van der Waals surface area contributed by atoms with E-state index in [-0.39, 0.29) is 5.41 Å². The van der Waals surface area contributed by atoms with Crippen LogP contribution in [-0.4, -0.2) is 26.5 Å². The van der Waals surface area contributed by atoms with Gasteiger partial charge in [0.1, 0.15) is 12.2 Å². The average molecular weight is 221 g/mol. The summed E-state index contributed by atoms with van der Waals surface area (Å²) in [6.45, 7) is 3.25. The first-order valence-corrected chi connectivity index (χ1v) is 6.24. The quantitative estimate of drug-likeness (QED) is 0.832. The van der Waals surface area contributed by atoms with Crippen molar-refractivity contribution in [1.82, 2.24) is 14.8 Å². The number of aryl methyl sites for hydroxylation is 1. The lowest BCUT2D eigenvalue weighted by Crippen LogP contribution is -2.28. The zero-order valence-electron chi connectivity index (χ0n) is 9.76. The molecule has 1 N–H and O–H groups in total. The predicted molar refractivity (Wildman–Crippen MR) is 59.7 cm³/mol. The van der Waals surface area contributed by atoms with Crippen LogP contribution < -0.4 is 0 Å². The van der Waals surface area contributed by atoms with E-state index >= 15 is 0 Å². The molecule has 1 aromatic rings. The van der Waals surface area contributed by atoms with E-state index < -0.39 is 0 Å². The number of fused-ring (bicyclic) bond motifs is 1. The SMILES string of the molecule is CCn1ncnc1CC1(CO)CC2CC2C1. The Morgan fingerprint density at radius 2 is 2.25 bits per heavy atom. The van der Waals surface area contributed by atoms with Gasteiger partial charge in [-0.1, -0.05) is 0 Å².